The SMILES string of the molecule is C[C@H]1Nc2nc(=O)n(c3c2cc(C2(C#N)CC2)c(=O)n3C)CCCCCC2CC(CCC(F)(F)c3cccc1c3F)C2. The highest BCUT2D eigenvalue weighted by Gasteiger charge is 2.47. The van der Waals surface area contributed by atoms with E-state index in [-0.39, 0.29) is 22.9 Å². The Morgan fingerprint density at radius 2 is 1.79 bits per heavy atom. The van der Waals surface area contributed by atoms with Crippen molar-refractivity contribution in [3.05, 3.63) is 67.6 Å². The van der Waals surface area contributed by atoms with Crippen LogP contribution < -0.4 is 16.6 Å². The third kappa shape index (κ3) is 4.91. The average Bonchev–Trinajstić information content (AvgIpc) is 3.73. The number of hydrogen-bond acceptors (Lipinski definition) is 5. The Hall–Kier alpha value is -3.61. The topological polar surface area (TPSA) is 92.7 Å². The van der Waals surface area contributed by atoms with Crippen LogP contribution >= 0.6 is 0 Å². The van der Waals surface area contributed by atoms with Gasteiger partial charge in [0.05, 0.1) is 28.5 Å². The first-order valence-corrected chi connectivity index (χ1v) is 15.0. The zero-order chi connectivity index (χ0) is 29.8. The van der Waals surface area contributed by atoms with E-state index in [2.05, 4.69) is 16.4 Å². The second-order valence-corrected chi connectivity index (χ2v) is 12.6. The van der Waals surface area contributed by atoms with Crippen LogP contribution in [0.15, 0.2) is 33.9 Å². The molecule has 0 saturated heterocycles. The minimum Gasteiger partial charge on any atom is -0.363 e. The number of pyridine rings is 1. The Morgan fingerprint density at radius 3 is 2.50 bits per heavy atom. The third-order valence-electron chi connectivity index (χ3n) is 9.75. The van der Waals surface area contributed by atoms with Gasteiger partial charge in [-0.05, 0) is 63.4 Å². The lowest BCUT2D eigenvalue weighted by Gasteiger charge is -2.36. The summed E-state index contributed by atoms with van der Waals surface area (Å²) in [5, 5.41) is 13.4. The fourth-order valence-corrected chi connectivity index (χ4v) is 6.95. The molecule has 0 spiro atoms. The fourth-order valence-electron chi connectivity index (χ4n) is 6.95. The van der Waals surface area contributed by atoms with Crippen molar-refractivity contribution < 1.29 is 13.2 Å². The molecular formula is C32H36F3N5O2. The van der Waals surface area contributed by atoms with Crippen molar-refractivity contribution in [2.45, 2.75) is 95.1 Å². The molecular weight excluding hydrogens is 543 g/mol. The minimum atomic E-state index is -3.31. The molecule has 6 bridgehead atoms. The summed E-state index contributed by atoms with van der Waals surface area (Å²) < 4.78 is 49.3. The molecule has 9 rings (SSSR count). The largest absolute Gasteiger partial charge is 0.363 e. The molecule has 6 aliphatic rings. The van der Waals surface area contributed by atoms with Gasteiger partial charge < -0.3 is 5.32 Å². The van der Waals surface area contributed by atoms with Gasteiger partial charge in [-0.15, -0.1) is 0 Å². The first kappa shape index (κ1) is 28.5. The number of nitriles is 1. The molecule has 42 heavy (non-hydrogen) atoms. The van der Waals surface area contributed by atoms with E-state index in [4.69, 9.17) is 0 Å². The van der Waals surface area contributed by atoms with Crippen LogP contribution in [0.2, 0.25) is 0 Å². The van der Waals surface area contributed by atoms with Gasteiger partial charge in [0.25, 0.3) is 11.5 Å². The quantitative estimate of drug-likeness (QED) is 0.359. The lowest BCUT2D eigenvalue weighted by Crippen LogP contribution is -2.33. The first-order chi connectivity index (χ1) is 20.0. The summed E-state index contributed by atoms with van der Waals surface area (Å²) in [4.78, 5) is 31.2. The maximum Gasteiger partial charge on any atom is 0.351 e. The highest BCUT2D eigenvalue weighted by Crippen LogP contribution is 2.47. The number of alkyl halides is 2. The third-order valence-corrected chi connectivity index (χ3v) is 9.75. The van der Waals surface area contributed by atoms with Gasteiger partial charge in [-0.1, -0.05) is 37.5 Å². The zero-order valence-electron chi connectivity index (χ0n) is 24.1. The molecule has 1 aromatic carbocycles. The average molecular weight is 580 g/mol. The lowest BCUT2D eigenvalue weighted by molar-refractivity contribution is -0.0288. The Kier molecular flexibility index (Phi) is 7.19. The van der Waals surface area contributed by atoms with Crippen LogP contribution in [0.4, 0.5) is 19.0 Å². The number of nitrogens with zero attached hydrogens (tertiary/aromatic N) is 4. The molecule has 222 valence electrons. The predicted octanol–water partition coefficient (Wildman–Crippen LogP) is 6.43. The highest BCUT2D eigenvalue weighted by atomic mass is 19.3. The molecule has 2 aliphatic carbocycles. The van der Waals surface area contributed by atoms with Crippen LogP contribution in [0.5, 0.6) is 0 Å². The summed E-state index contributed by atoms with van der Waals surface area (Å²) >= 11 is 0. The summed E-state index contributed by atoms with van der Waals surface area (Å²) in [7, 11) is 1.58. The van der Waals surface area contributed by atoms with Gasteiger partial charge in [0.15, 0.2) is 0 Å². The maximum atomic E-state index is 15.7. The number of halogens is 3. The molecule has 0 amide bonds. The van der Waals surface area contributed by atoms with Gasteiger partial charge in [-0.3, -0.25) is 13.9 Å². The Morgan fingerprint density at radius 1 is 1.05 bits per heavy atom. The van der Waals surface area contributed by atoms with E-state index in [1.54, 1.807) is 20.0 Å². The molecule has 2 saturated carbocycles. The zero-order valence-corrected chi connectivity index (χ0v) is 24.1. The van der Waals surface area contributed by atoms with E-state index in [9.17, 15) is 14.9 Å². The van der Waals surface area contributed by atoms with Gasteiger partial charge in [0, 0.05) is 31.1 Å². The van der Waals surface area contributed by atoms with Crippen molar-refractivity contribution in [2.75, 3.05) is 5.32 Å². The van der Waals surface area contributed by atoms with Crippen molar-refractivity contribution in [3.8, 4) is 6.07 Å². The summed E-state index contributed by atoms with van der Waals surface area (Å²) in [6, 6.07) is 7.11. The second-order valence-electron chi connectivity index (χ2n) is 12.6. The number of aromatic nitrogens is 3. The Balaban J connectivity index is 1.48. The van der Waals surface area contributed by atoms with Crippen LogP contribution in [0.1, 0.15) is 93.9 Å². The van der Waals surface area contributed by atoms with Crippen molar-refractivity contribution in [2.24, 2.45) is 18.9 Å². The molecule has 10 heteroatoms. The summed E-state index contributed by atoms with van der Waals surface area (Å²) in [6.45, 7) is 2.01. The lowest BCUT2D eigenvalue weighted by atomic mass is 9.70. The first-order valence-electron chi connectivity index (χ1n) is 15.0. The van der Waals surface area contributed by atoms with E-state index in [0.29, 0.717) is 48.3 Å². The summed E-state index contributed by atoms with van der Waals surface area (Å²) in [5.74, 6) is -3.40. The highest BCUT2D eigenvalue weighted by molar-refractivity contribution is 5.88. The van der Waals surface area contributed by atoms with Crippen molar-refractivity contribution >= 4 is 16.9 Å². The van der Waals surface area contributed by atoms with Crippen molar-refractivity contribution in [1.82, 2.24) is 14.1 Å². The van der Waals surface area contributed by atoms with E-state index < -0.39 is 40.9 Å². The Labute approximate surface area is 242 Å². The van der Waals surface area contributed by atoms with Crippen molar-refractivity contribution in [1.29, 1.82) is 5.26 Å². The van der Waals surface area contributed by atoms with Crippen LogP contribution in [0.3, 0.4) is 0 Å². The number of benzene rings is 1. The second kappa shape index (κ2) is 10.6. The van der Waals surface area contributed by atoms with Crippen LogP contribution in [0, 0.1) is 29.0 Å². The molecule has 1 atom stereocenters. The Bertz CT molecular complexity index is 1700. The maximum absolute atomic E-state index is 15.7. The van der Waals surface area contributed by atoms with E-state index >= 15 is 13.2 Å². The van der Waals surface area contributed by atoms with Crippen LogP contribution in [-0.4, -0.2) is 14.1 Å². The molecule has 3 aromatic rings. The van der Waals surface area contributed by atoms with Crippen LogP contribution in [-0.2, 0) is 24.9 Å². The normalized spacial score (nSPS) is 25.2. The number of anilines is 1. The van der Waals surface area contributed by atoms with Crippen molar-refractivity contribution in [3.63, 3.8) is 0 Å². The minimum absolute atomic E-state index is 0.0325. The number of hydrogen-bond donors (Lipinski definition) is 1. The van der Waals surface area contributed by atoms with Gasteiger partial charge >= 0.3 is 5.69 Å². The van der Waals surface area contributed by atoms with E-state index in [0.717, 1.165) is 44.6 Å². The molecule has 2 fully saturated rings. The van der Waals surface area contributed by atoms with E-state index in [1.165, 1.54) is 21.3 Å². The summed E-state index contributed by atoms with van der Waals surface area (Å²) in [5.41, 5.74) is -1.67. The van der Waals surface area contributed by atoms with Gasteiger partial charge in [-0.25, -0.2) is 18.0 Å². The van der Waals surface area contributed by atoms with Crippen LogP contribution in [0.25, 0.3) is 11.0 Å². The molecule has 7 nitrogen and oxygen atoms in total. The fraction of sp³-hybridized carbons (Fsp3) is 0.562. The number of aryl methyl sites for hydroxylation is 2. The standard InChI is InChI=1S/C32H36F3N5O2/c1-19-22-8-6-9-24(26(22)33)32(34,35)11-10-21-15-20(16-21)7-4-3-5-14-40-28-23(27(37-19)38-30(40)42)17-25(29(41)39(28)2)31(18-36)12-13-31/h6,8-9,17,19-21H,3-5,7,10-16H2,1-2H3,(H,37,38,42)/t19-,20?,21?/m1/s1. The van der Waals surface area contributed by atoms with Gasteiger partial charge in [0.1, 0.15) is 17.3 Å². The molecule has 1 N–H and O–H groups in total. The number of rotatable bonds is 1. The number of nitrogens with one attached hydrogen (secondary N) is 1. The molecule has 6 heterocycles. The van der Waals surface area contributed by atoms with Gasteiger partial charge in [0.2, 0.25) is 0 Å². The molecule has 4 aliphatic heterocycles. The molecule has 2 aromatic heterocycles. The van der Waals surface area contributed by atoms with E-state index in [1.807, 2.05) is 0 Å². The summed E-state index contributed by atoms with van der Waals surface area (Å²) in [6.07, 6.45) is 6.53. The predicted molar refractivity (Wildman–Crippen MR) is 154 cm³/mol. The molecule has 0 unspecified atom stereocenters. The van der Waals surface area contributed by atoms with Gasteiger partial charge in [-0.2, -0.15) is 10.2 Å². The monoisotopic (exact) mass is 579 g/mol. The molecule has 0 radical (unpaired) electrons. The smallest absolute Gasteiger partial charge is 0.351 e.